The van der Waals surface area contributed by atoms with Crippen LogP contribution in [0.3, 0.4) is 0 Å². The SMILES string of the molecule is N=CO/C=C\O. The molecule has 0 aromatic carbocycles. The Bertz CT molecular complexity index is 59.8. The Morgan fingerprint density at radius 2 is 2.33 bits per heavy atom. The normalized spacial score (nSPS) is 8.67. The molecule has 3 nitrogen and oxygen atoms in total. The number of aliphatic hydroxyl groups excluding tert-OH is 1. The predicted molar refractivity (Wildman–Crippen MR) is 21.6 cm³/mol. The Hall–Kier alpha value is -0.990. The first-order valence-electron chi connectivity index (χ1n) is 1.35. The van der Waals surface area contributed by atoms with Gasteiger partial charge in [-0.05, 0) is 0 Å². The van der Waals surface area contributed by atoms with Crippen LogP contribution in [0.1, 0.15) is 0 Å². The highest BCUT2D eigenvalue weighted by Crippen LogP contribution is 1.63. The van der Waals surface area contributed by atoms with Crippen molar-refractivity contribution in [2.24, 2.45) is 0 Å². The van der Waals surface area contributed by atoms with Crippen molar-refractivity contribution < 1.29 is 9.84 Å². The van der Waals surface area contributed by atoms with Gasteiger partial charge in [-0.3, -0.25) is 5.41 Å². The first kappa shape index (κ1) is 5.01. The van der Waals surface area contributed by atoms with E-state index in [0.717, 1.165) is 6.26 Å². The number of ether oxygens (including phenoxy) is 1. The van der Waals surface area contributed by atoms with Gasteiger partial charge in [-0.25, -0.2) is 0 Å². The fourth-order valence-electron chi connectivity index (χ4n) is 0.0744. The highest BCUT2D eigenvalue weighted by atomic mass is 16.5. The van der Waals surface area contributed by atoms with E-state index in [9.17, 15) is 0 Å². The van der Waals surface area contributed by atoms with Crippen LogP contribution < -0.4 is 0 Å². The lowest BCUT2D eigenvalue weighted by molar-refractivity contribution is 0.416. The van der Waals surface area contributed by atoms with Crippen LogP contribution in [-0.2, 0) is 4.74 Å². The zero-order chi connectivity index (χ0) is 4.83. The standard InChI is InChI=1S/C3H5NO2/c4-3-6-2-1-5/h1-5H/b2-1-,4-3?. The van der Waals surface area contributed by atoms with Gasteiger partial charge in [0, 0.05) is 0 Å². The molecule has 0 bridgehead atoms. The van der Waals surface area contributed by atoms with Gasteiger partial charge in [0.05, 0.1) is 0 Å². The van der Waals surface area contributed by atoms with Gasteiger partial charge in [-0.1, -0.05) is 0 Å². The molecule has 0 atom stereocenters. The molecule has 3 heteroatoms. The largest absolute Gasteiger partial charge is 0.512 e. The van der Waals surface area contributed by atoms with E-state index in [1.165, 1.54) is 0 Å². The molecule has 0 heterocycles. The number of nitrogens with one attached hydrogen (secondary N) is 1. The van der Waals surface area contributed by atoms with Crippen LogP contribution in [-0.4, -0.2) is 11.5 Å². The maximum Gasteiger partial charge on any atom is 0.173 e. The van der Waals surface area contributed by atoms with E-state index in [1.54, 1.807) is 0 Å². The smallest absolute Gasteiger partial charge is 0.173 e. The summed E-state index contributed by atoms with van der Waals surface area (Å²) in [5, 5.41) is 14.0. The van der Waals surface area contributed by atoms with Crippen molar-refractivity contribution >= 4 is 6.40 Å². The van der Waals surface area contributed by atoms with E-state index in [-0.39, 0.29) is 0 Å². The van der Waals surface area contributed by atoms with Crippen molar-refractivity contribution in [2.45, 2.75) is 0 Å². The van der Waals surface area contributed by atoms with E-state index in [4.69, 9.17) is 10.5 Å². The van der Waals surface area contributed by atoms with Gasteiger partial charge in [0.1, 0.15) is 12.5 Å². The summed E-state index contributed by atoms with van der Waals surface area (Å²) in [6.45, 7) is 0. The second kappa shape index (κ2) is 4.01. The van der Waals surface area contributed by atoms with Crippen LogP contribution >= 0.6 is 0 Å². The first-order valence-corrected chi connectivity index (χ1v) is 1.35. The van der Waals surface area contributed by atoms with Gasteiger partial charge in [-0.15, -0.1) is 0 Å². The van der Waals surface area contributed by atoms with Crippen LogP contribution in [0.2, 0.25) is 0 Å². The number of hydrogen-bond donors (Lipinski definition) is 2. The molecular weight excluding hydrogens is 82.0 g/mol. The number of rotatable bonds is 2. The summed E-state index contributed by atoms with van der Waals surface area (Å²) in [6.07, 6.45) is 2.42. The fourth-order valence-corrected chi connectivity index (χ4v) is 0.0744. The van der Waals surface area contributed by atoms with Crippen molar-refractivity contribution in [1.29, 1.82) is 5.41 Å². The lowest BCUT2D eigenvalue weighted by atomic mass is 11.1. The molecule has 0 saturated heterocycles. The van der Waals surface area contributed by atoms with Crippen LogP contribution in [0.25, 0.3) is 0 Å². The Morgan fingerprint density at radius 1 is 1.67 bits per heavy atom. The van der Waals surface area contributed by atoms with Gasteiger partial charge in [0.25, 0.3) is 0 Å². The molecule has 2 N–H and O–H groups in total. The van der Waals surface area contributed by atoms with Gasteiger partial charge in [0.2, 0.25) is 0 Å². The minimum absolute atomic E-state index is 0.713. The predicted octanol–water partition coefficient (Wildman–Crippen LogP) is 0.639. The minimum atomic E-state index is 0.713. The third-order valence-corrected chi connectivity index (χ3v) is 0.207. The van der Waals surface area contributed by atoms with E-state index < -0.39 is 0 Å². The molecule has 0 amide bonds. The van der Waals surface area contributed by atoms with E-state index >= 15 is 0 Å². The molecule has 6 heavy (non-hydrogen) atoms. The van der Waals surface area contributed by atoms with Crippen LogP contribution in [0.5, 0.6) is 0 Å². The molecule has 0 spiro atoms. The number of aliphatic hydroxyl groups is 1. The Labute approximate surface area is 35.4 Å². The summed E-state index contributed by atoms with van der Waals surface area (Å²) >= 11 is 0. The Kier molecular flexibility index (Phi) is 3.35. The zero-order valence-corrected chi connectivity index (χ0v) is 3.09. The summed E-state index contributed by atoms with van der Waals surface area (Å²) in [6, 6.07) is 0. The molecule has 0 fully saturated rings. The fraction of sp³-hybridized carbons (Fsp3) is 0. The second-order valence-electron chi connectivity index (χ2n) is 0.539. The molecule has 0 aromatic heterocycles. The average Bonchev–Trinajstić information content (AvgIpc) is 1.61. The van der Waals surface area contributed by atoms with Crippen molar-refractivity contribution in [3.63, 3.8) is 0 Å². The molecule has 34 valence electrons. The quantitative estimate of drug-likeness (QED) is 0.295. The molecule has 0 aromatic rings. The molecule has 0 radical (unpaired) electrons. The molecule has 0 aliphatic carbocycles. The third kappa shape index (κ3) is 3.01. The van der Waals surface area contributed by atoms with Crippen LogP contribution in [0.4, 0.5) is 0 Å². The van der Waals surface area contributed by atoms with Gasteiger partial charge in [0.15, 0.2) is 6.40 Å². The monoisotopic (exact) mass is 87.0 g/mol. The lowest BCUT2D eigenvalue weighted by Gasteiger charge is -1.77. The van der Waals surface area contributed by atoms with Crippen molar-refractivity contribution in [1.82, 2.24) is 0 Å². The topological polar surface area (TPSA) is 53.3 Å². The van der Waals surface area contributed by atoms with Crippen molar-refractivity contribution in [3.05, 3.63) is 12.5 Å². The molecule has 0 unspecified atom stereocenters. The first-order chi connectivity index (χ1) is 2.91. The molecule has 0 aliphatic heterocycles. The maximum atomic E-state index is 7.79. The van der Waals surface area contributed by atoms with Crippen molar-refractivity contribution in [2.75, 3.05) is 0 Å². The van der Waals surface area contributed by atoms with Crippen LogP contribution in [0.15, 0.2) is 12.5 Å². The Balaban J connectivity index is 2.85. The summed E-state index contributed by atoms with van der Waals surface area (Å²) < 4.78 is 4.09. The second-order valence-corrected chi connectivity index (χ2v) is 0.539. The summed E-state index contributed by atoms with van der Waals surface area (Å²) in [5.41, 5.74) is 0. The average molecular weight is 87.1 g/mol. The minimum Gasteiger partial charge on any atom is -0.512 e. The van der Waals surface area contributed by atoms with Gasteiger partial charge in [-0.2, -0.15) is 0 Å². The van der Waals surface area contributed by atoms with Crippen molar-refractivity contribution in [3.8, 4) is 0 Å². The van der Waals surface area contributed by atoms with E-state index in [2.05, 4.69) is 4.74 Å². The third-order valence-electron chi connectivity index (χ3n) is 0.207. The zero-order valence-electron chi connectivity index (χ0n) is 3.09. The lowest BCUT2D eigenvalue weighted by Crippen LogP contribution is -1.68. The summed E-state index contributed by atoms with van der Waals surface area (Å²) in [7, 11) is 0. The Morgan fingerprint density at radius 3 is 2.50 bits per heavy atom. The van der Waals surface area contributed by atoms with Crippen LogP contribution in [0, 0.1) is 5.41 Å². The van der Waals surface area contributed by atoms with Gasteiger partial charge >= 0.3 is 0 Å². The molecule has 0 rings (SSSR count). The summed E-state index contributed by atoms with van der Waals surface area (Å²) in [4.78, 5) is 0. The molecule has 0 saturated carbocycles. The maximum absolute atomic E-state index is 7.79. The number of hydrogen-bond acceptors (Lipinski definition) is 3. The van der Waals surface area contributed by atoms with E-state index in [0.29, 0.717) is 12.7 Å². The molecular formula is C3H5NO2. The highest BCUT2D eigenvalue weighted by molar-refractivity contribution is 5.41. The molecule has 0 aliphatic rings. The summed E-state index contributed by atoms with van der Waals surface area (Å²) in [5.74, 6) is 0. The van der Waals surface area contributed by atoms with Gasteiger partial charge < -0.3 is 9.84 Å². The van der Waals surface area contributed by atoms with E-state index in [1.807, 2.05) is 0 Å². The highest BCUT2D eigenvalue weighted by Gasteiger charge is 1.56.